The van der Waals surface area contributed by atoms with Crippen LogP contribution in [0.1, 0.15) is 25.7 Å². The van der Waals surface area contributed by atoms with Crippen LogP contribution in [0.15, 0.2) is 0 Å². The van der Waals surface area contributed by atoms with Gasteiger partial charge in [0.05, 0.1) is 6.42 Å². The Hall–Kier alpha value is -1.67. The molecule has 8 nitrogen and oxygen atoms in total. The minimum Gasteiger partial charge on any atom is -0.481 e. The monoisotopic (exact) mass is 275 g/mol. The molecule has 1 amide bonds. The van der Waals surface area contributed by atoms with Gasteiger partial charge >= 0.3 is 18.5 Å². The van der Waals surface area contributed by atoms with Gasteiger partial charge in [0.25, 0.3) is 0 Å². The average Bonchev–Trinajstić information content (AvgIpc) is 2.36. The molecule has 0 heterocycles. The molecule has 0 rings (SSSR count). The van der Waals surface area contributed by atoms with E-state index in [1.807, 2.05) is 0 Å². The van der Waals surface area contributed by atoms with Gasteiger partial charge in [-0.3, -0.25) is 9.59 Å². The van der Waals surface area contributed by atoms with E-state index in [9.17, 15) is 14.4 Å². The number of hydrogen-bond acceptors (Lipinski definition) is 6. The van der Waals surface area contributed by atoms with Crippen molar-refractivity contribution in [3.63, 3.8) is 0 Å². The molecule has 0 radical (unpaired) electrons. The Labute approximate surface area is 111 Å². The summed E-state index contributed by atoms with van der Waals surface area (Å²) in [6, 6.07) is 0. The van der Waals surface area contributed by atoms with Crippen molar-refractivity contribution in [3.8, 4) is 0 Å². The van der Waals surface area contributed by atoms with Crippen LogP contribution in [-0.4, -0.2) is 49.9 Å². The lowest BCUT2D eigenvalue weighted by atomic mass is 10.2. The minimum atomic E-state index is -0.812. The smallest absolute Gasteiger partial charge is 0.414 e. The molecule has 4 N–H and O–H groups in total. The molecule has 0 aromatic rings. The van der Waals surface area contributed by atoms with E-state index in [-0.39, 0.29) is 12.9 Å². The molecule has 110 valence electrons. The normalized spacial score (nSPS) is 9.89. The zero-order chi connectivity index (χ0) is 14.3. The molecule has 0 aliphatic rings. The van der Waals surface area contributed by atoms with Gasteiger partial charge in [0.1, 0.15) is 0 Å². The summed E-state index contributed by atoms with van der Waals surface area (Å²) in [5.74, 6) is -0.812. The average molecular weight is 275 g/mol. The number of hydrogen-bond donors (Lipinski definition) is 4. The quantitative estimate of drug-likeness (QED) is 0.166. The van der Waals surface area contributed by atoms with Crippen molar-refractivity contribution < 1.29 is 24.2 Å². The molecule has 0 aromatic carbocycles. The van der Waals surface area contributed by atoms with E-state index in [0.717, 1.165) is 25.8 Å². The molecule has 8 heteroatoms. The lowest BCUT2D eigenvalue weighted by Gasteiger charge is -2.06. The number of aliphatic carboxylic acids is 1. The van der Waals surface area contributed by atoms with Crippen LogP contribution in [0.2, 0.25) is 0 Å². The Morgan fingerprint density at radius 3 is 2.42 bits per heavy atom. The molecule has 0 aromatic heterocycles. The molecule has 19 heavy (non-hydrogen) atoms. The van der Waals surface area contributed by atoms with E-state index in [0.29, 0.717) is 19.8 Å². The third-order valence-corrected chi connectivity index (χ3v) is 2.22. The maximum absolute atomic E-state index is 10.7. The number of carboxylic acid groups (broad SMARTS) is 1. The van der Waals surface area contributed by atoms with Crippen LogP contribution in [0, 0.1) is 0 Å². The van der Waals surface area contributed by atoms with Gasteiger partial charge in [-0.1, -0.05) is 6.42 Å². The maximum atomic E-state index is 10.7. The highest BCUT2D eigenvalue weighted by Gasteiger charge is 1.98. The molecule has 0 saturated heterocycles. The standard InChI is InChI=1S/C11H21N3O5/c15-9-19-11(18)14-6-3-1-2-5-12-8-13-7-4-10(16)17/h9,12-13H,1-8H2,(H,14,18)(H,16,17). The number of carboxylic acids is 1. The topological polar surface area (TPSA) is 117 Å². The van der Waals surface area contributed by atoms with Gasteiger partial charge in [-0.05, 0) is 19.4 Å². The summed E-state index contributed by atoms with van der Waals surface area (Å²) in [6.07, 6.45) is 2.08. The SMILES string of the molecule is O=COC(=O)NCCCCCNCNCCC(=O)O. The fourth-order valence-electron chi connectivity index (χ4n) is 1.29. The first-order valence-electron chi connectivity index (χ1n) is 6.18. The van der Waals surface area contributed by atoms with Crippen LogP contribution in [0.4, 0.5) is 4.79 Å². The largest absolute Gasteiger partial charge is 0.481 e. The molecule has 0 atom stereocenters. The summed E-state index contributed by atoms with van der Waals surface area (Å²) in [6.45, 7) is 2.42. The highest BCUT2D eigenvalue weighted by molar-refractivity contribution is 5.74. The van der Waals surface area contributed by atoms with Gasteiger partial charge in [0.2, 0.25) is 0 Å². The minimum absolute atomic E-state index is 0.0939. The fraction of sp³-hybridized carbons (Fsp3) is 0.727. The summed E-state index contributed by atoms with van der Waals surface area (Å²) >= 11 is 0. The number of carbonyl (C=O) groups is 3. The number of rotatable bonds is 12. The molecule has 0 spiro atoms. The molecule has 0 fully saturated rings. The maximum Gasteiger partial charge on any atom is 0.414 e. The van der Waals surface area contributed by atoms with Gasteiger partial charge in [0.15, 0.2) is 0 Å². The first kappa shape index (κ1) is 17.3. The Morgan fingerprint density at radius 1 is 1.05 bits per heavy atom. The van der Waals surface area contributed by atoms with E-state index in [4.69, 9.17) is 5.11 Å². The van der Waals surface area contributed by atoms with Gasteiger partial charge in [-0.15, -0.1) is 0 Å². The number of ether oxygens (including phenoxy) is 1. The van der Waals surface area contributed by atoms with Gasteiger partial charge in [-0.25, -0.2) is 4.79 Å². The Bertz CT molecular complexity index is 273. The first-order valence-corrected chi connectivity index (χ1v) is 6.18. The van der Waals surface area contributed by atoms with Crippen molar-refractivity contribution in [1.82, 2.24) is 16.0 Å². The lowest BCUT2D eigenvalue weighted by molar-refractivity contribution is -0.136. The van der Waals surface area contributed by atoms with Crippen molar-refractivity contribution in [2.45, 2.75) is 25.7 Å². The number of amides is 1. The van der Waals surface area contributed by atoms with E-state index in [1.54, 1.807) is 0 Å². The Morgan fingerprint density at radius 2 is 1.74 bits per heavy atom. The van der Waals surface area contributed by atoms with Gasteiger partial charge < -0.3 is 25.8 Å². The second kappa shape index (κ2) is 12.8. The number of unbranched alkanes of at least 4 members (excludes halogenated alkanes) is 2. The summed E-state index contributed by atoms with van der Waals surface area (Å²) in [5.41, 5.74) is 0. The van der Waals surface area contributed by atoms with Crippen LogP contribution in [0.5, 0.6) is 0 Å². The van der Waals surface area contributed by atoms with E-state index in [2.05, 4.69) is 20.7 Å². The van der Waals surface area contributed by atoms with E-state index >= 15 is 0 Å². The summed E-state index contributed by atoms with van der Waals surface area (Å²) in [5, 5.41) is 16.9. The predicted octanol–water partition coefficient (Wildman–Crippen LogP) is -0.349. The number of nitrogens with one attached hydrogen (secondary N) is 3. The zero-order valence-corrected chi connectivity index (χ0v) is 10.8. The second-order valence-corrected chi connectivity index (χ2v) is 3.81. The molecular weight excluding hydrogens is 254 g/mol. The number of carbonyl (C=O) groups excluding carboxylic acids is 2. The Balaban J connectivity index is 3.08. The molecule has 0 aliphatic heterocycles. The predicted molar refractivity (Wildman–Crippen MR) is 67.5 cm³/mol. The van der Waals surface area contributed by atoms with Crippen molar-refractivity contribution in [1.29, 1.82) is 0 Å². The number of alkyl carbamates (subject to hydrolysis) is 1. The fourth-order valence-corrected chi connectivity index (χ4v) is 1.29. The highest BCUT2D eigenvalue weighted by Crippen LogP contribution is 1.92. The van der Waals surface area contributed by atoms with Crippen molar-refractivity contribution in [2.75, 3.05) is 26.3 Å². The van der Waals surface area contributed by atoms with Gasteiger partial charge in [-0.2, -0.15) is 0 Å². The van der Waals surface area contributed by atoms with E-state index < -0.39 is 12.1 Å². The van der Waals surface area contributed by atoms with Crippen LogP contribution in [0.3, 0.4) is 0 Å². The van der Waals surface area contributed by atoms with Crippen molar-refractivity contribution in [2.24, 2.45) is 0 Å². The third kappa shape index (κ3) is 14.3. The summed E-state index contributed by atoms with van der Waals surface area (Å²) in [7, 11) is 0. The van der Waals surface area contributed by atoms with Crippen LogP contribution >= 0.6 is 0 Å². The van der Waals surface area contributed by atoms with E-state index in [1.165, 1.54) is 0 Å². The summed E-state index contributed by atoms with van der Waals surface area (Å²) in [4.78, 5) is 30.7. The molecule has 0 saturated carbocycles. The van der Waals surface area contributed by atoms with Crippen molar-refractivity contribution >= 4 is 18.5 Å². The molecule has 0 unspecified atom stereocenters. The molecule has 0 bridgehead atoms. The Kier molecular flexibility index (Phi) is 11.7. The highest BCUT2D eigenvalue weighted by atomic mass is 16.6. The summed E-state index contributed by atoms with van der Waals surface area (Å²) < 4.78 is 4.05. The third-order valence-electron chi connectivity index (χ3n) is 2.22. The molecule has 0 aliphatic carbocycles. The van der Waals surface area contributed by atoms with Crippen LogP contribution < -0.4 is 16.0 Å². The van der Waals surface area contributed by atoms with Crippen molar-refractivity contribution in [3.05, 3.63) is 0 Å². The van der Waals surface area contributed by atoms with Gasteiger partial charge in [0, 0.05) is 19.8 Å². The lowest BCUT2D eigenvalue weighted by Crippen LogP contribution is -2.31. The second-order valence-electron chi connectivity index (χ2n) is 3.81. The van der Waals surface area contributed by atoms with Crippen LogP contribution in [-0.2, 0) is 14.3 Å². The first-order chi connectivity index (χ1) is 9.16. The zero-order valence-electron chi connectivity index (χ0n) is 10.8. The van der Waals surface area contributed by atoms with Crippen LogP contribution in [0.25, 0.3) is 0 Å². The molecular formula is C11H21N3O5.